The van der Waals surface area contributed by atoms with Crippen molar-refractivity contribution in [3.05, 3.63) is 35.7 Å². The first-order chi connectivity index (χ1) is 13.4. The van der Waals surface area contributed by atoms with E-state index in [1.165, 1.54) is 12.4 Å². The van der Waals surface area contributed by atoms with Gasteiger partial charge in [-0.3, -0.25) is 14.5 Å². The Bertz CT molecular complexity index is 980. The van der Waals surface area contributed by atoms with Crippen LogP contribution in [0.2, 0.25) is 0 Å². The summed E-state index contributed by atoms with van der Waals surface area (Å²) in [4.78, 5) is 24.6. The maximum Gasteiger partial charge on any atom is 0.274 e. The predicted octanol–water partition coefficient (Wildman–Crippen LogP) is 0.612. The van der Waals surface area contributed by atoms with Gasteiger partial charge in [0, 0.05) is 38.6 Å². The van der Waals surface area contributed by atoms with Gasteiger partial charge in [-0.25, -0.2) is 13.4 Å². The van der Waals surface area contributed by atoms with E-state index in [9.17, 15) is 13.2 Å². The standard InChI is InChI=1S/C18H24N6O3S/c1-13-17(14(2)24(21-13)15-3-10-28(26,27)12-15)22-6-8-23(9-7-22)18(25)16-11-19-4-5-20-16/h4-5,11,15H,3,6-10,12H2,1-2H3. The molecule has 0 aromatic carbocycles. The van der Waals surface area contributed by atoms with E-state index in [2.05, 4.69) is 20.0 Å². The summed E-state index contributed by atoms with van der Waals surface area (Å²) >= 11 is 0. The first-order valence-corrected chi connectivity index (χ1v) is 11.2. The first-order valence-electron chi connectivity index (χ1n) is 9.42. The number of hydrogen-bond acceptors (Lipinski definition) is 7. The van der Waals surface area contributed by atoms with Crippen LogP contribution in [0.15, 0.2) is 18.6 Å². The molecule has 9 nitrogen and oxygen atoms in total. The van der Waals surface area contributed by atoms with Crippen LogP contribution < -0.4 is 4.90 Å². The Morgan fingerprint density at radius 2 is 1.89 bits per heavy atom. The molecule has 1 amide bonds. The Labute approximate surface area is 164 Å². The molecule has 28 heavy (non-hydrogen) atoms. The Morgan fingerprint density at radius 1 is 1.14 bits per heavy atom. The zero-order chi connectivity index (χ0) is 19.9. The van der Waals surface area contributed by atoms with Gasteiger partial charge in [0.1, 0.15) is 5.69 Å². The van der Waals surface area contributed by atoms with E-state index in [0.717, 1.165) is 17.1 Å². The molecule has 4 rings (SSSR count). The molecule has 2 aromatic rings. The SMILES string of the molecule is Cc1nn(C2CCS(=O)(=O)C2)c(C)c1N1CCN(C(=O)c2cnccn2)CC1. The zero-order valence-electron chi connectivity index (χ0n) is 16.1. The second kappa shape index (κ2) is 7.16. The van der Waals surface area contributed by atoms with E-state index in [4.69, 9.17) is 0 Å². The molecule has 2 aromatic heterocycles. The van der Waals surface area contributed by atoms with Gasteiger partial charge in [-0.15, -0.1) is 0 Å². The molecule has 0 saturated carbocycles. The molecule has 2 saturated heterocycles. The van der Waals surface area contributed by atoms with Gasteiger partial charge in [0.25, 0.3) is 5.91 Å². The van der Waals surface area contributed by atoms with Crippen molar-refractivity contribution in [2.45, 2.75) is 26.3 Å². The topological polar surface area (TPSA) is 101 Å². The summed E-state index contributed by atoms with van der Waals surface area (Å²) in [7, 11) is -2.96. The number of hydrogen-bond donors (Lipinski definition) is 0. The van der Waals surface area contributed by atoms with Crippen LogP contribution in [-0.4, -0.2) is 76.7 Å². The molecular formula is C18H24N6O3S. The summed E-state index contributed by atoms with van der Waals surface area (Å²) in [6.45, 7) is 6.54. The second-order valence-electron chi connectivity index (χ2n) is 7.39. The van der Waals surface area contributed by atoms with E-state index in [1.54, 1.807) is 11.1 Å². The lowest BCUT2D eigenvalue weighted by molar-refractivity contribution is 0.0740. The molecule has 0 N–H and O–H groups in total. The third kappa shape index (κ3) is 3.48. The van der Waals surface area contributed by atoms with E-state index in [0.29, 0.717) is 38.3 Å². The monoisotopic (exact) mass is 404 g/mol. The van der Waals surface area contributed by atoms with E-state index >= 15 is 0 Å². The highest BCUT2D eigenvalue weighted by Crippen LogP contribution is 2.31. The fourth-order valence-corrected chi connectivity index (χ4v) is 5.83. The van der Waals surface area contributed by atoms with Crippen LogP contribution in [0.3, 0.4) is 0 Å². The number of aromatic nitrogens is 4. The molecule has 1 atom stereocenters. The molecule has 2 aliphatic rings. The maximum atomic E-state index is 12.5. The molecule has 10 heteroatoms. The van der Waals surface area contributed by atoms with Crippen molar-refractivity contribution >= 4 is 21.4 Å². The third-order valence-corrected chi connectivity index (χ3v) is 7.26. The molecule has 0 bridgehead atoms. The maximum absolute atomic E-state index is 12.5. The quantitative estimate of drug-likeness (QED) is 0.739. The van der Waals surface area contributed by atoms with Gasteiger partial charge in [-0.05, 0) is 20.3 Å². The second-order valence-corrected chi connectivity index (χ2v) is 9.62. The lowest BCUT2D eigenvalue weighted by Gasteiger charge is -2.36. The molecule has 0 spiro atoms. The number of piperazine rings is 1. The van der Waals surface area contributed by atoms with Gasteiger partial charge in [0.2, 0.25) is 0 Å². The smallest absolute Gasteiger partial charge is 0.274 e. The van der Waals surface area contributed by atoms with Gasteiger partial charge >= 0.3 is 0 Å². The molecule has 0 radical (unpaired) electrons. The highest BCUT2D eigenvalue weighted by atomic mass is 32.2. The molecule has 2 fully saturated rings. The van der Waals surface area contributed by atoms with Crippen molar-refractivity contribution in [3.63, 3.8) is 0 Å². The number of carbonyl (C=O) groups excluding carboxylic acids is 1. The number of aryl methyl sites for hydroxylation is 1. The third-order valence-electron chi connectivity index (χ3n) is 5.51. The van der Waals surface area contributed by atoms with Crippen LogP contribution in [-0.2, 0) is 9.84 Å². The number of amides is 1. The van der Waals surface area contributed by atoms with E-state index < -0.39 is 9.84 Å². The van der Waals surface area contributed by atoms with Crippen molar-refractivity contribution in [1.82, 2.24) is 24.6 Å². The number of rotatable bonds is 3. The molecule has 0 aliphatic carbocycles. The lowest BCUT2D eigenvalue weighted by Crippen LogP contribution is -2.49. The lowest BCUT2D eigenvalue weighted by atomic mass is 10.2. The minimum atomic E-state index is -2.96. The average Bonchev–Trinajstić information content (AvgIpc) is 3.20. The summed E-state index contributed by atoms with van der Waals surface area (Å²) < 4.78 is 25.6. The van der Waals surface area contributed by atoms with Gasteiger partial charge in [-0.1, -0.05) is 0 Å². The van der Waals surface area contributed by atoms with Crippen LogP contribution in [0.1, 0.15) is 34.3 Å². The molecule has 4 heterocycles. The fourth-order valence-electron chi connectivity index (χ4n) is 4.14. The molecule has 2 aliphatic heterocycles. The van der Waals surface area contributed by atoms with E-state index in [-0.39, 0.29) is 23.5 Å². The largest absolute Gasteiger partial charge is 0.365 e. The van der Waals surface area contributed by atoms with Crippen molar-refractivity contribution in [2.75, 3.05) is 42.6 Å². The molecule has 150 valence electrons. The Hall–Kier alpha value is -2.49. The minimum Gasteiger partial charge on any atom is -0.365 e. The van der Waals surface area contributed by atoms with Crippen LogP contribution >= 0.6 is 0 Å². The normalized spacial score (nSPS) is 21.9. The minimum absolute atomic E-state index is 0.0861. The Balaban J connectivity index is 1.47. The summed E-state index contributed by atoms with van der Waals surface area (Å²) in [5.74, 6) is 0.289. The summed E-state index contributed by atoms with van der Waals surface area (Å²) in [6.07, 6.45) is 5.17. The summed E-state index contributed by atoms with van der Waals surface area (Å²) in [5, 5.41) is 4.65. The van der Waals surface area contributed by atoms with Gasteiger partial charge in [0.05, 0.1) is 40.8 Å². The number of sulfone groups is 1. The van der Waals surface area contributed by atoms with Gasteiger partial charge in [0.15, 0.2) is 9.84 Å². The zero-order valence-corrected chi connectivity index (χ0v) is 16.9. The van der Waals surface area contributed by atoms with Gasteiger partial charge < -0.3 is 9.80 Å². The molecular weight excluding hydrogens is 380 g/mol. The predicted molar refractivity (Wildman–Crippen MR) is 104 cm³/mol. The van der Waals surface area contributed by atoms with Crippen LogP contribution in [0.4, 0.5) is 5.69 Å². The van der Waals surface area contributed by atoms with Crippen LogP contribution in [0.25, 0.3) is 0 Å². The summed E-state index contributed by atoms with van der Waals surface area (Å²) in [5.41, 5.74) is 3.30. The van der Waals surface area contributed by atoms with Gasteiger partial charge in [-0.2, -0.15) is 5.10 Å². The van der Waals surface area contributed by atoms with Crippen LogP contribution in [0, 0.1) is 13.8 Å². The number of anilines is 1. The first kappa shape index (κ1) is 18.9. The van der Waals surface area contributed by atoms with E-state index in [1.807, 2.05) is 18.5 Å². The average molecular weight is 404 g/mol. The number of carbonyl (C=O) groups is 1. The van der Waals surface area contributed by atoms with Crippen molar-refractivity contribution in [3.8, 4) is 0 Å². The Kier molecular flexibility index (Phi) is 4.82. The highest BCUT2D eigenvalue weighted by Gasteiger charge is 2.33. The Morgan fingerprint density at radius 3 is 2.50 bits per heavy atom. The van der Waals surface area contributed by atoms with Crippen molar-refractivity contribution < 1.29 is 13.2 Å². The number of nitrogens with zero attached hydrogens (tertiary/aromatic N) is 6. The summed E-state index contributed by atoms with van der Waals surface area (Å²) in [6, 6.07) is -0.0861. The highest BCUT2D eigenvalue weighted by molar-refractivity contribution is 7.91. The van der Waals surface area contributed by atoms with Crippen molar-refractivity contribution in [2.24, 2.45) is 0 Å². The van der Waals surface area contributed by atoms with Crippen LogP contribution in [0.5, 0.6) is 0 Å². The molecule has 1 unspecified atom stereocenters. The fraction of sp³-hybridized carbons (Fsp3) is 0.556. The van der Waals surface area contributed by atoms with Crippen molar-refractivity contribution in [1.29, 1.82) is 0 Å².